The number of carboxylic acid groups (broad SMARTS) is 1. The number of alkyl halides is 1. The van der Waals surface area contributed by atoms with E-state index in [4.69, 9.17) is 21.1 Å². The molecule has 1 heterocycles. The van der Waals surface area contributed by atoms with E-state index in [-0.39, 0.29) is 11.6 Å². The Bertz CT molecular complexity index is 1150. The van der Waals surface area contributed by atoms with Gasteiger partial charge in [-0.15, -0.1) is 0 Å². The van der Waals surface area contributed by atoms with Gasteiger partial charge >= 0.3 is 5.97 Å². The molecule has 170 valence electrons. The van der Waals surface area contributed by atoms with E-state index in [0.29, 0.717) is 47.0 Å². The summed E-state index contributed by atoms with van der Waals surface area (Å²) in [7, 11) is 0. The predicted molar refractivity (Wildman–Crippen MR) is 121 cm³/mol. The number of nitrogens with one attached hydrogen (secondary N) is 1. The molecule has 8 heteroatoms. The molecule has 1 amide bonds. The van der Waals surface area contributed by atoms with Crippen LogP contribution in [0.3, 0.4) is 0 Å². The Morgan fingerprint density at radius 3 is 2.58 bits per heavy atom. The summed E-state index contributed by atoms with van der Waals surface area (Å²) >= 11 is 6.31. The van der Waals surface area contributed by atoms with Crippen molar-refractivity contribution in [2.45, 2.75) is 18.5 Å². The average Bonchev–Trinajstić information content (AvgIpc) is 2.83. The molecule has 6 nitrogen and oxygen atoms in total. The Morgan fingerprint density at radius 2 is 1.88 bits per heavy atom. The molecular formula is C25H21ClFNO5. The van der Waals surface area contributed by atoms with Gasteiger partial charge in [-0.1, -0.05) is 41.9 Å². The van der Waals surface area contributed by atoms with Crippen LogP contribution in [-0.2, 0) is 4.79 Å². The van der Waals surface area contributed by atoms with Gasteiger partial charge in [0.2, 0.25) is 0 Å². The predicted octanol–water partition coefficient (Wildman–Crippen LogP) is 5.52. The van der Waals surface area contributed by atoms with Crippen LogP contribution in [0.5, 0.6) is 17.2 Å². The van der Waals surface area contributed by atoms with Gasteiger partial charge in [0.1, 0.15) is 23.4 Å². The second-order valence-electron chi connectivity index (χ2n) is 7.56. The number of fused-ring (bicyclic) bond motifs is 1. The summed E-state index contributed by atoms with van der Waals surface area (Å²) in [5.41, 5.74) is 1.37. The number of halogens is 2. The first-order valence-electron chi connectivity index (χ1n) is 10.4. The number of amides is 1. The van der Waals surface area contributed by atoms with E-state index < -0.39 is 24.0 Å². The molecule has 2 atom stereocenters. The third-order valence-electron chi connectivity index (χ3n) is 5.35. The monoisotopic (exact) mass is 469 g/mol. The van der Waals surface area contributed by atoms with E-state index in [1.807, 2.05) is 0 Å². The molecule has 3 aromatic carbocycles. The fraction of sp³-hybridized carbons (Fsp3) is 0.200. The maximum Gasteiger partial charge on any atom is 0.311 e. The number of ether oxygens (including phenoxy) is 2. The average molecular weight is 470 g/mol. The molecule has 4 rings (SSSR count). The smallest absolute Gasteiger partial charge is 0.311 e. The molecular weight excluding hydrogens is 449 g/mol. The third-order valence-corrected chi connectivity index (χ3v) is 5.64. The molecule has 0 spiro atoms. The topological polar surface area (TPSA) is 84.9 Å². The first-order valence-corrected chi connectivity index (χ1v) is 10.7. The summed E-state index contributed by atoms with van der Waals surface area (Å²) in [6.45, 7) is 0.155. The second kappa shape index (κ2) is 9.92. The Morgan fingerprint density at radius 1 is 1.15 bits per heavy atom. The standard InChI is InChI=1S/C25H21ClFNO5/c26-20-12-19-18(25(30)31)10-11-32-22(19)13-23(20)33-17-8-6-16(7-9-17)24(29)28-14-21(27)15-4-2-1-3-5-15/h1-9,12-13,18,21H,10-11,14H2,(H,28,29)(H,30,31). The van der Waals surface area contributed by atoms with E-state index in [1.54, 1.807) is 66.7 Å². The van der Waals surface area contributed by atoms with Crippen LogP contribution in [-0.4, -0.2) is 30.1 Å². The molecule has 0 aliphatic carbocycles. The van der Waals surface area contributed by atoms with Crippen LogP contribution >= 0.6 is 11.6 Å². The highest BCUT2D eigenvalue weighted by Gasteiger charge is 2.29. The highest BCUT2D eigenvalue weighted by atomic mass is 35.5. The number of carboxylic acids is 1. The Hall–Kier alpha value is -3.58. The van der Waals surface area contributed by atoms with Crippen molar-refractivity contribution in [3.8, 4) is 17.2 Å². The summed E-state index contributed by atoms with van der Waals surface area (Å²) in [6.07, 6.45) is -0.927. The molecule has 1 aliphatic heterocycles. The van der Waals surface area contributed by atoms with E-state index in [2.05, 4.69) is 5.32 Å². The molecule has 0 saturated carbocycles. The lowest BCUT2D eigenvalue weighted by atomic mass is 9.93. The van der Waals surface area contributed by atoms with Crippen molar-refractivity contribution in [1.29, 1.82) is 0 Å². The minimum atomic E-state index is -1.30. The molecule has 0 fully saturated rings. The number of benzene rings is 3. The van der Waals surface area contributed by atoms with Crippen molar-refractivity contribution in [1.82, 2.24) is 5.32 Å². The number of aliphatic carboxylic acids is 1. The van der Waals surface area contributed by atoms with Crippen LogP contribution in [0.4, 0.5) is 4.39 Å². The molecule has 2 N–H and O–H groups in total. The minimum Gasteiger partial charge on any atom is -0.493 e. The molecule has 0 radical (unpaired) electrons. The first kappa shape index (κ1) is 22.6. The van der Waals surface area contributed by atoms with Crippen molar-refractivity contribution >= 4 is 23.5 Å². The van der Waals surface area contributed by atoms with Crippen LogP contribution in [0.15, 0.2) is 66.7 Å². The summed E-state index contributed by atoms with van der Waals surface area (Å²) in [4.78, 5) is 23.8. The van der Waals surface area contributed by atoms with Gasteiger partial charge in [-0.2, -0.15) is 0 Å². The fourth-order valence-electron chi connectivity index (χ4n) is 3.59. The van der Waals surface area contributed by atoms with Crippen LogP contribution in [0, 0.1) is 0 Å². The van der Waals surface area contributed by atoms with Gasteiger partial charge in [-0.3, -0.25) is 9.59 Å². The van der Waals surface area contributed by atoms with Gasteiger partial charge in [0, 0.05) is 17.2 Å². The summed E-state index contributed by atoms with van der Waals surface area (Å²) in [5, 5.41) is 12.2. The molecule has 2 unspecified atom stereocenters. The molecule has 0 aromatic heterocycles. The zero-order valence-corrected chi connectivity index (χ0v) is 18.2. The van der Waals surface area contributed by atoms with Gasteiger partial charge in [0.25, 0.3) is 5.91 Å². The summed E-state index contributed by atoms with van der Waals surface area (Å²) in [6, 6.07) is 18.0. The zero-order chi connectivity index (χ0) is 23.4. The lowest BCUT2D eigenvalue weighted by molar-refractivity contribution is -0.139. The fourth-order valence-corrected chi connectivity index (χ4v) is 3.80. The second-order valence-corrected chi connectivity index (χ2v) is 7.97. The van der Waals surface area contributed by atoms with Crippen molar-refractivity contribution < 1.29 is 28.6 Å². The normalized spacial score (nSPS) is 15.6. The first-order chi connectivity index (χ1) is 15.9. The molecule has 3 aromatic rings. The number of carbonyl (C=O) groups excluding carboxylic acids is 1. The van der Waals surface area contributed by atoms with E-state index in [1.165, 1.54) is 0 Å². The van der Waals surface area contributed by atoms with Crippen molar-refractivity contribution in [3.05, 3.63) is 88.4 Å². The zero-order valence-electron chi connectivity index (χ0n) is 17.5. The lowest BCUT2D eigenvalue weighted by Crippen LogP contribution is -2.27. The number of carbonyl (C=O) groups is 2. The van der Waals surface area contributed by atoms with E-state index >= 15 is 0 Å². The van der Waals surface area contributed by atoms with Crippen LogP contribution in [0.1, 0.15) is 40.0 Å². The van der Waals surface area contributed by atoms with Crippen LogP contribution in [0.25, 0.3) is 0 Å². The third kappa shape index (κ3) is 5.26. The van der Waals surface area contributed by atoms with Crippen molar-refractivity contribution in [3.63, 3.8) is 0 Å². The molecule has 1 aliphatic rings. The Kier molecular flexibility index (Phi) is 6.79. The quantitative estimate of drug-likeness (QED) is 0.475. The van der Waals surface area contributed by atoms with E-state index in [0.717, 1.165) is 0 Å². The van der Waals surface area contributed by atoms with Gasteiger partial charge in [-0.25, -0.2) is 4.39 Å². The highest BCUT2D eigenvalue weighted by molar-refractivity contribution is 6.32. The molecule has 33 heavy (non-hydrogen) atoms. The highest BCUT2D eigenvalue weighted by Crippen LogP contribution is 2.41. The summed E-state index contributed by atoms with van der Waals surface area (Å²) in [5.74, 6) is -0.860. The minimum absolute atomic E-state index is 0.136. The molecule has 0 saturated heterocycles. The number of hydrogen-bond acceptors (Lipinski definition) is 4. The van der Waals surface area contributed by atoms with Crippen molar-refractivity contribution in [2.24, 2.45) is 0 Å². The maximum atomic E-state index is 14.3. The maximum absolute atomic E-state index is 14.3. The lowest BCUT2D eigenvalue weighted by Gasteiger charge is -2.24. The number of hydrogen-bond donors (Lipinski definition) is 2. The largest absolute Gasteiger partial charge is 0.493 e. The number of rotatable bonds is 7. The van der Waals surface area contributed by atoms with Gasteiger partial charge in [0.15, 0.2) is 0 Å². The van der Waals surface area contributed by atoms with Gasteiger partial charge in [0.05, 0.1) is 24.1 Å². The van der Waals surface area contributed by atoms with Crippen LogP contribution in [0.2, 0.25) is 5.02 Å². The van der Waals surface area contributed by atoms with Gasteiger partial charge in [-0.05, 0) is 42.3 Å². The van der Waals surface area contributed by atoms with Gasteiger partial charge < -0.3 is 19.9 Å². The van der Waals surface area contributed by atoms with Crippen molar-refractivity contribution in [2.75, 3.05) is 13.2 Å². The SMILES string of the molecule is O=C(NCC(F)c1ccccc1)c1ccc(Oc2cc3c(cc2Cl)C(C(=O)O)CCO3)cc1. The van der Waals surface area contributed by atoms with E-state index in [9.17, 15) is 19.1 Å². The Balaban J connectivity index is 1.40. The van der Waals surface area contributed by atoms with Crippen LogP contribution < -0.4 is 14.8 Å². The summed E-state index contributed by atoms with van der Waals surface area (Å²) < 4.78 is 25.6. The molecule has 0 bridgehead atoms. The Labute approximate surface area is 194 Å².